The second-order valence-corrected chi connectivity index (χ2v) is 6.61. The quantitative estimate of drug-likeness (QED) is 0.787. The number of hydrogen-bond donors (Lipinski definition) is 1. The third-order valence-corrected chi connectivity index (χ3v) is 5.19. The summed E-state index contributed by atoms with van der Waals surface area (Å²) in [4.78, 5) is 12.0. The van der Waals surface area contributed by atoms with Gasteiger partial charge in [0.1, 0.15) is 0 Å². The van der Waals surface area contributed by atoms with Gasteiger partial charge in [-0.15, -0.1) is 11.6 Å². The first-order valence-corrected chi connectivity index (χ1v) is 7.80. The standard InChI is InChI=1S/C14H21ClF3NO/c15-12-6-2-4-10(12)8-19-13(20)9-3-1-5-11(7-9)14(16,17)18/h9-12H,1-8H2,(H,19,20). The van der Waals surface area contributed by atoms with E-state index in [1.54, 1.807) is 0 Å². The minimum absolute atomic E-state index is 0.0652. The van der Waals surface area contributed by atoms with Gasteiger partial charge < -0.3 is 5.32 Å². The molecule has 20 heavy (non-hydrogen) atoms. The predicted molar refractivity (Wildman–Crippen MR) is 71.5 cm³/mol. The maximum atomic E-state index is 12.7. The molecule has 2 rings (SSSR count). The maximum absolute atomic E-state index is 12.7. The van der Waals surface area contributed by atoms with E-state index in [0.29, 0.717) is 19.4 Å². The molecule has 2 aliphatic carbocycles. The van der Waals surface area contributed by atoms with Crippen molar-refractivity contribution in [1.29, 1.82) is 0 Å². The van der Waals surface area contributed by atoms with Gasteiger partial charge in [-0.1, -0.05) is 12.8 Å². The average molecular weight is 312 g/mol. The Kier molecular flexibility index (Phi) is 5.21. The molecule has 0 radical (unpaired) electrons. The number of carbonyl (C=O) groups is 1. The molecule has 0 bridgehead atoms. The Bertz CT molecular complexity index is 348. The highest BCUT2D eigenvalue weighted by Gasteiger charge is 2.43. The second-order valence-electron chi connectivity index (χ2n) is 6.05. The number of rotatable bonds is 3. The van der Waals surface area contributed by atoms with E-state index in [2.05, 4.69) is 5.32 Å². The van der Waals surface area contributed by atoms with Crippen molar-refractivity contribution in [2.45, 2.75) is 56.5 Å². The van der Waals surface area contributed by atoms with Crippen molar-refractivity contribution >= 4 is 17.5 Å². The summed E-state index contributed by atoms with van der Waals surface area (Å²) in [6, 6.07) is 0. The summed E-state index contributed by atoms with van der Waals surface area (Å²) >= 11 is 6.13. The fourth-order valence-corrected chi connectivity index (χ4v) is 3.69. The lowest BCUT2D eigenvalue weighted by molar-refractivity contribution is -0.186. The van der Waals surface area contributed by atoms with Crippen LogP contribution in [-0.4, -0.2) is 24.0 Å². The van der Waals surface area contributed by atoms with Crippen molar-refractivity contribution in [1.82, 2.24) is 5.32 Å². The molecular weight excluding hydrogens is 291 g/mol. The Hall–Kier alpha value is -0.450. The zero-order valence-electron chi connectivity index (χ0n) is 11.4. The normalized spacial score (nSPS) is 35.0. The first kappa shape index (κ1) is 15.9. The van der Waals surface area contributed by atoms with Crippen LogP contribution in [0.5, 0.6) is 0 Å². The van der Waals surface area contributed by atoms with Crippen molar-refractivity contribution in [2.75, 3.05) is 6.54 Å². The van der Waals surface area contributed by atoms with Gasteiger partial charge in [0.25, 0.3) is 0 Å². The van der Waals surface area contributed by atoms with Crippen LogP contribution in [0, 0.1) is 17.8 Å². The first-order valence-electron chi connectivity index (χ1n) is 7.36. The van der Waals surface area contributed by atoms with Gasteiger partial charge in [-0.05, 0) is 38.0 Å². The summed E-state index contributed by atoms with van der Waals surface area (Å²) in [5.74, 6) is -1.78. The van der Waals surface area contributed by atoms with Crippen molar-refractivity contribution in [2.24, 2.45) is 17.8 Å². The fraction of sp³-hybridized carbons (Fsp3) is 0.929. The number of hydrogen-bond acceptors (Lipinski definition) is 1. The Morgan fingerprint density at radius 3 is 2.45 bits per heavy atom. The lowest BCUT2D eigenvalue weighted by Gasteiger charge is -2.30. The lowest BCUT2D eigenvalue weighted by atomic mass is 9.80. The summed E-state index contributed by atoms with van der Waals surface area (Å²) in [5.41, 5.74) is 0. The van der Waals surface area contributed by atoms with Crippen LogP contribution in [0.25, 0.3) is 0 Å². The van der Waals surface area contributed by atoms with E-state index in [4.69, 9.17) is 11.6 Å². The Labute approximate surface area is 122 Å². The van der Waals surface area contributed by atoms with Crippen molar-refractivity contribution in [3.05, 3.63) is 0 Å². The summed E-state index contributed by atoms with van der Waals surface area (Å²) < 4.78 is 38.1. The van der Waals surface area contributed by atoms with Crippen LogP contribution < -0.4 is 5.32 Å². The molecule has 0 heterocycles. The van der Waals surface area contributed by atoms with Crippen LogP contribution in [-0.2, 0) is 4.79 Å². The van der Waals surface area contributed by atoms with Crippen molar-refractivity contribution in [3.8, 4) is 0 Å². The van der Waals surface area contributed by atoms with Crippen molar-refractivity contribution in [3.63, 3.8) is 0 Å². The van der Waals surface area contributed by atoms with E-state index in [1.807, 2.05) is 0 Å². The van der Waals surface area contributed by atoms with E-state index in [1.165, 1.54) is 0 Å². The van der Waals surface area contributed by atoms with Crippen LogP contribution >= 0.6 is 11.6 Å². The molecule has 4 atom stereocenters. The minimum Gasteiger partial charge on any atom is -0.356 e. The number of alkyl halides is 4. The molecule has 2 nitrogen and oxygen atoms in total. The molecule has 2 fully saturated rings. The van der Waals surface area contributed by atoms with E-state index in [0.717, 1.165) is 19.3 Å². The molecule has 0 aromatic heterocycles. The summed E-state index contributed by atoms with van der Waals surface area (Å²) in [6.07, 6.45) is -0.0347. The Balaban J connectivity index is 1.80. The highest BCUT2D eigenvalue weighted by Crippen LogP contribution is 2.40. The summed E-state index contributed by atoms with van der Waals surface area (Å²) in [6.45, 7) is 0.500. The first-order chi connectivity index (χ1) is 9.38. The average Bonchev–Trinajstić information content (AvgIpc) is 2.81. The monoisotopic (exact) mass is 311 g/mol. The SMILES string of the molecule is O=C(NCC1CCCC1Cl)C1CCCC(C(F)(F)F)C1. The van der Waals surface area contributed by atoms with Crippen LogP contribution in [0.4, 0.5) is 13.2 Å². The zero-order valence-corrected chi connectivity index (χ0v) is 12.1. The molecule has 0 aromatic rings. The molecule has 6 heteroatoms. The number of nitrogens with one attached hydrogen (secondary N) is 1. The molecule has 0 spiro atoms. The number of amides is 1. The summed E-state index contributed by atoms with van der Waals surface area (Å²) in [5, 5.41) is 2.89. The van der Waals surface area contributed by atoms with Crippen LogP contribution in [0.3, 0.4) is 0 Å². The van der Waals surface area contributed by atoms with Gasteiger partial charge in [0, 0.05) is 17.8 Å². The molecule has 4 unspecified atom stereocenters. The third-order valence-electron chi connectivity index (χ3n) is 4.61. The zero-order chi connectivity index (χ0) is 14.8. The van der Waals surface area contributed by atoms with Gasteiger partial charge in [-0.25, -0.2) is 0 Å². The molecule has 2 aliphatic rings. The number of halogens is 4. The molecule has 1 amide bonds. The molecular formula is C14H21ClF3NO. The highest BCUT2D eigenvalue weighted by atomic mass is 35.5. The lowest BCUT2D eigenvalue weighted by Crippen LogP contribution is -2.39. The Morgan fingerprint density at radius 1 is 1.15 bits per heavy atom. The van der Waals surface area contributed by atoms with Crippen LogP contribution in [0.2, 0.25) is 0 Å². The fourth-order valence-electron chi connectivity index (χ4n) is 3.32. The minimum atomic E-state index is -4.17. The molecule has 116 valence electrons. The van der Waals surface area contributed by atoms with Gasteiger partial charge in [0.05, 0.1) is 5.92 Å². The maximum Gasteiger partial charge on any atom is 0.391 e. The number of carbonyl (C=O) groups excluding carboxylic acids is 1. The Morgan fingerprint density at radius 2 is 1.85 bits per heavy atom. The molecule has 0 saturated heterocycles. The molecule has 0 aromatic carbocycles. The topological polar surface area (TPSA) is 29.1 Å². The predicted octanol–water partition coefficient (Wildman–Crippen LogP) is 3.88. The molecule has 1 N–H and O–H groups in total. The van der Waals surface area contributed by atoms with Gasteiger partial charge in [-0.3, -0.25) is 4.79 Å². The van der Waals surface area contributed by atoms with Gasteiger partial charge in [0.15, 0.2) is 0 Å². The highest BCUT2D eigenvalue weighted by molar-refractivity contribution is 6.20. The van der Waals surface area contributed by atoms with Crippen LogP contribution in [0.15, 0.2) is 0 Å². The largest absolute Gasteiger partial charge is 0.391 e. The third kappa shape index (κ3) is 4.03. The van der Waals surface area contributed by atoms with E-state index < -0.39 is 18.0 Å². The smallest absolute Gasteiger partial charge is 0.356 e. The van der Waals surface area contributed by atoms with E-state index in [-0.39, 0.29) is 30.0 Å². The molecule has 0 aliphatic heterocycles. The van der Waals surface area contributed by atoms with Crippen LogP contribution in [0.1, 0.15) is 44.9 Å². The summed E-state index contributed by atoms with van der Waals surface area (Å²) in [7, 11) is 0. The van der Waals surface area contributed by atoms with Crippen molar-refractivity contribution < 1.29 is 18.0 Å². The van der Waals surface area contributed by atoms with E-state index >= 15 is 0 Å². The second kappa shape index (κ2) is 6.54. The van der Waals surface area contributed by atoms with Gasteiger partial charge in [-0.2, -0.15) is 13.2 Å². The van der Waals surface area contributed by atoms with Gasteiger partial charge >= 0.3 is 6.18 Å². The molecule has 2 saturated carbocycles. The van der Waals surface area contributed by atoms with E-state index in [9.17, 15) is 18.0 Å². The van der Waals surface area contributed by atoms with Gasteiger partial charge in [0.2, 0.25) is 5.91 Å².